The van der Waals surface area contributed by atoms with Crippen molar-refractivity contribution in [2.75, 3.05) is 19.0 Å². The van der Waals surface area contributed by atoms with E-state index < -0.39 is 5.41 Å². The maximum absolute atomic E-state index is 14.8. The van der Waals surface area contributed by atoms with Gasteiger partial charge in [0, 0.05) is 0 Å². The zero-order chi connectivity index (χ0) is 26.3. The molecule has 0 fully saturated rings. The Morgan fingerprint density at radius 2 is 1.35 bits per heavy atom. The number of carbonyl (C=O) groups excluding carboxylic acids is 1. The molecular weight excluding hydrogens is 569 g/mol. The fraction of sp³-hybridized carbons (Fsp3) is 0.242. The first kappa shape index (κ1) is 27.1. The van der Waals surface area contributed by atoms with Crippen LogP contribution in [0.3, 0.4) is 0 Å². The number of ether oxygens (including phenoxy) is 1. The van der Waals surface area contributed by atoms with Gasteiger partial charge in [-0.25, -0.2) is 0 Å². The third-order valence-electron chi connectivity index (χ3n) is 7.35. The third-order valence-corrected chi connectivity index (χ3v) is 10.8. The maximum atomic E-state index is 14.8. The van der Waals surface area contributed by atoms with Crippen molar-refractivity contribution in [3.8, 4) is 5.75 Å². The van der Waals surface area contributed by atoms with Gasteiger partial charge in [0.15, 0.2) is 0 Å². The minimum atomic E-state index is -0.811. The predicted octanol–water partition coefficient (Wildman–Crippen LogP) is 3.92. The summed E-state index contributed by atoms with van der Waals surface area (Å²) in [4.78, 5) is 17.1. The van der Waals surface area contributed by atoms with Crippen LogP contribution < -0.4 is 26.2 Å². The number of alkyl halides is 1. The summed E-state index contributed by atoms with van der Waals surface area (Å²) in [6.45, 7) is 2.75. The summed E-state index contributed by atoms with van der Waals surface area (Å²) in [6, 6.07) is 38.7. The summed E-state index contributed by atoms with van der Waals surface area (Å²) in [7, 11) is 4.59. The molecule has 0 amide bonds. The second-order valence-corrected chi connectivity index (χ2v) is 13.3. The zero-order valence-electron chi connectivity index (χ0n) is 22.1. The molecule has 4 rings (SSSR count). The van der Waals surface area contributed by atoms with Gasteiger partial charge in [-0.05, 0) is 0 Å². The molecule has 0 saturated carbocycles. The van der Waals surface area contributed by atoms with Gasteiger partial charge in [0.25, 0.3) is 0 Å². The summed E-state index contributed by atoms with van der Waals surface area (Å²) in [6.07, 6.45) is 0.718. The van der Waals surface area contributed by atoms with Crippen LogP contribution in [0.2, 0.25) is 0 Å². The third kappa shape index (κ3) is 6.13. The van der Waals surface area contributed by atoms with E-state index in [0.29, 0.717) is 24.0 Å². The molecule has 4 aromatic rings. The van der Waals surface area contributed by atoms with Crippen LogP contribution in [0.5, 0.6) is 5.75 Å². The predicted molar refractivity (Wildman–Crippen MR) is 147 cm³/mol. The molecular formula is C33H36INO2. The van der Waals surface area contributed by atoms with E-state index in [2.05, 4.69) is 50.2 Å². The number of hydrogen-bond donors (Lipinski definition) is 0. The molecule has 1 atom stereocenters. The van der Waals surface area contributed by atoms with Crippen molar-refractivity contribution in [2.45, 2.75) is 31.4 Å². The molecule has 3 nitrogen and oxygen atoms in total. The van der Waals surface area contributed by atoms with Gasteiger partial charge < -0.3 is 0 Å². The van der Waals surface area contributed by atoms with E-state index in [1.165, 1.54) is 0 Å². The van der Waals surface area contributed by atoms with Crippen LogP contribution in [0.4, 0.5) is 0 Å². The van der Waals surface area contributed by atoms with E-state index in [1.54, 1.807) is 0 Å². The number of nitrogens with zero attached hydrogens (tertiary/aromatic N) is 1. The summed E-state index contributed by atoms with van der Waals surface area (Å²) >= 11 is -0.0760. The van der Waals surface area contributed by atoms with Crippen LogP contribution in [-0.4, -0.2) is 33.5 Å². The van der Waals surface area contributed by atoms with Crippen molar-refractivity contribution >= 4 is 5.78 Å². The van der Waals surface area contributed by atoms with Crippen molar-refractivity contribution in [1.29, 1.82) is 0 Å². The molecule has 0 bridgehead atoms. The summed E-state index contributed by atoms with van der Waals surface area (Å²) in [5.41, 5.74) is 3.01. The van der Waals surface area contributed by atoms with Crippen LogP contribution in [0.15, 0.2) is 115 Å². The first-order valence-corrected chi connectivity index (χ1v) is 15.8. The van der Waals surface area contributed by atoms with Gasteiger partial charge in [0.1, 0.15) is 0 Å². The van der Waals surface area contributed by atoms with Gasteiger partial charge in [-0.1, -0.05) is 18.2 Å². The number of carbonyl (C=O) groups is 1. The average Bonchev–Trinajstić information content (AvgIpc) is 2.96. The Morgan fingerprint density at radius 3 is 1.89 bits per heavy atom. The van der Waals surface area contributed by atoms with Gasteiger partial charge in [0.2, 0.25) is 0 Å². The van der Waals surface area contributed by atoms with Crippen molar-refractivity contribution in [3.63, 3.8) is 0 Å². The van der Waals surface area contributed by atoms with Crippen molar-refractivity contribution in [2.24, 2.45) is 0 Å². The van der Waals surface area contributed by atoms with E-state index in [1.807, 2.05) is 91.0 Å². The first-order chi connectivity index (χ1) is 17.9. The van der Waals surface area contributed by atoms with Gasteiger partial charge in [-0.2, -0.15) is 0 Å². The molecule has 4 aromatic carbocycles. The number of halogens is 1. The Morgan fingerprint density at radius 1 is 0.811 bits per heavy atom. The quantitative estimate of drug-likeness (QED) is 0.112. The Balaban J connectivity index is 1.80. The number of Topliss-reactive ketones (excluding diaryl/α,β-unsaturated/α-hetero) is 1. The van der Waals surface area contributed by atoms with Gasteiger partial charge in [0.05, 0.1) is 0 Å². The second-order valence-electron chi connectivity index (χ2n) is 9.89. The van der Waals surface area contributed by atoms with Crippen LogP contribution in [-0.2, 0) is 12.0 Å². The Bertz CT molecular complexity index is 1250. The number of benzene rings is 4. The fourth-order valence-corrected chi connectivity index (χ4v) is 5.89. The van der Waals surface area contributed by atoms with Gasteiger partial charge in [-0.3, -0.25) is 0 Å². The number of hydrogen-bond acceptors (Lipinski definition) is 2. The molecule has 0 aliphatic carbocycles. The monoisotopic (exact) mass is 605 g/mol. The molecule has 37 heavy (non-hydrogen) atoms. The molecule has 0 N–H and O–H groups in total. The minimum absolute atomic E-state index is 0.0760. The Labute approximate surface area is 232 Å². The van der Waals surface area contributed by atoms with Crippen LogP contribution in [0.25, 0.3) is 0 Å². The molecule has 0 spiro atoms. The average molecular weight is 606 g/mol. The number of rotatable bonds is 11. The molecule has 0 aromatic heterocycles. The number of ketones is 1. The molecule has 0 aliphatic heterocycles. The topological polar surface area (TPSA) is 26.3 Å². The van der Waals surface area contributed by atoms with E-state index in [9.17, 15) is 4.79 Å². The van der Waals surface area contributed by atoms with Crippen molar-refractivity contribution in [3.05, 3.63) is 138 Å². The van der Waals surface area contributed by atoms with E-state index in [0.717, 1.165) is 25.8 Å². The summed E-state index contributed by atoms with van der Waals surface area (Å²) in [5.74, 6) is 0.810. The van der Waals surface area contributed by atoms with E-state index in [-0.39, 0.29) is 27.3 Å². The summed E-state index contributed by atoms with van der Waals surface area (Å²) < 4.78 is 7.05. The Kier molecular flexibility index (Phi) is 8.83. The fourth-order valence-electron chi connectivity index (χ4n) is 4.74. The van der Waals surface area contributed by atoms with Crippen LogP contribution in [0.1, 0.15) is 40.4 Å². The molecule has 0 saturated heterocycles. The molecule has 4 heteroatoms. The normalized spacial score (nSPS) is 12.8. The van der Waals surface area contributed by atoms with Crippen molar-refractivity contribution < 1.29 is 33.7 Å². The second kappa shape index (κ2) is 12.1. The van der Waals surface area contributed by atoms with Crippen molar-refractivity contribution in [1.82, 2.24) is 0 Å². The standard InChI is InChI=1S/C33H36INO2/c1-26(35(3,4)34-2)24-33(29-18-10-6-11-19-29,30-20-12-7-13-21-30)32(36)28-17-14-22-31(23-28)37-25-27-15-8-5-9-16-27/h5-23,26H,24-25H2,1-4H3/t26-/m0/s1. The Hall–Kier alpha value is -2.96. The van der Waals surface area contributed by atoms with E-state index in [4.69, 9.17) is 4.74 Å². The SMILES string of the molecule is C[I-][N+](C)(C)[C@@H](C)CC(C(=O)c1cccc(OCc2ccccc2)c1)(c1ccccc1)c1ccccc1. The van der Waals surface area contributed by atoms with Gasteiger partial charge >= 0.3 is 215 Å². The molecule has 0 heterocycles. The van der Waals surface area contributed by atoms with Crippen LogP contribution in [0, 0.1) is 0 Å². The molecule has 0 unspecified atom stereocenters. The first-order valence-electron chi connectivity index (χ1n) is 12.6. The molecule has 0 radical (unpaired) electrons. The zero-order valence-corrected chi connectivity index (χ0v) is 24.3. The molecule has 192 valence electrons. The van der Waals surface area contributed by atoms with E-state index >= 15 is 0 Å². The summed E-state index contributed by atoms with van der Waals surface area (Å²) in [5, 5.41) is 0. The number of quaternary nitrogens is 1. The van der Waals surface area contributed by atoms with Gasteiger partial charge in [-0.15, -0.1) is 0 Å². The molecule has 0 aliphatic rings. The van der Waals surface area contributed by atoms with Crippen LogP contribution >= 0.6 is 0 Å².